The Morgan fingerprint density at radius 3 is 2.38 bits per heavy atom. The molecule has 4 heteroatoms. The molecule has 4 nitrogen and oxygen atoms in total. The van der Waals surface area contributed by atoms with Crippen LogP contribution in [0, 0.1) is 40.4 Å². The minimum atomic E-state index is -0.578. The zero-order valence-corrected chi connectivity index (χ0v) is 21.8. The highest BCUT2D eigenvalue weighted by atomic mass is 16.3. The first-order valence-corrected chi connectivity index (χ1v) is 13.6. The number of aliphatic hydroxyl groups excluding tert-OH is 1. The van der Waals surface area contributed by atoms with Gasteiger partial charge in [-0.15, -0.1) is 0 Å². The molecule has 4 aliphatic carbocycles. The van der Waals surface area contributed by atoms with Crippen molar-refractivity contribution in [2.24, 2.45) is 40.4 Å². The van der Waals surface area contributed by atoms with E-state index in [1.807, 2.05) is 30.3 Å². The van der Waals surface area contributed by atoms with Gasteiger partial charge in [-0.1, -0.05) is 38.1 Å². The number of carbonyl (C=O) groups excluding carboxylic acids is 1. The van der Waals surface area contributed by atoms with Crippen LogP contribution in [-0.2, 0) is 0 Å². The summed E-state index contributed by atoms with van der Waals surface area (Å²) in [5, 5.41) is 14.5. The predicted molar refractivity (Wildman–Crippen MR) is 137 cm³/mol. The fourth-order valence-corrected chi connectivity index (χ4v) is 9.08. The van der Waals surface area contributed by atoms with Crippen molar-refractivity contribution >= 4 is 5.91 Å². The predicted octanol–water partition coefficient (Wildman–Crippen LogP) is 5.49. The molecule has 0 aliphatic heterocycles. The molecule has 3 saturated carbocycles. The average molecular weight is 465 g/mol. The molecule has 0 saturated heterocycles. The minimum absolute atomic E-state index is 0.121. The maximum atomic E-state index is 12.8. The molecule has 3 fully saturated rings. The third-order valence-electron chi connectivity index (χ3n) is 11.2. The Kier molecular flexibility index (Phi) is 6.21. The quantitative estimate of drug-likeness (QED) is 0.619. The molecule has 186 valence electrons. The monoisotopic (exact) mass is 464 g/mol. The SMILES string of the molecule is C[C@@H]([C@H]1CC[C@H]2[C@@H]3CC[C@H]4[C@@H](O)C(NC(=O)c5ccccc5)=CC[C@]4(C)[C@H]3CC[C@]12C)N(C)C. The van der Waals surface area contributed by atoms with Gasteiger partial charge in [0.05, 0.1) is 6.10 Å². The average Bonchev–Trinajstić information content (AvgIpc) is 3.18. The van der Waals surface area contributed by atoms with Gasteiger partial charge >= 0.3 is 0 Å². The number of nitrogens with one attached hydrogen (secondary N) is 1. The van der Waals surface area contributed by atoms with Gasteiger partial charge in [-0.25, -0.2) is 0 Å². The van der Waals surface area contributed by atoms with E-state index in [1.165, 1.54) is 32.1 Å². The summed E-state index contributed by atoms with van der Waals surface area (Å²) in [5.41, 5.74) is 1.93. The van der Waals surface area contributed by atoms with E-state index in [2.05, 4.69) is 51.2 Å². The van der Waals surface area contributed by atoms with E-state index in [1.54, 1.807) is 0 Å². The second kappa shape index (κ2) is 8.78. The van der Waals surface area contributed by atoms with Crippen LogP contribution in [0.25, 0.3) is 0 Å². The maximum absolute atomic E-state index is 12.8. The number of amides is 1. The lowest BCUT2D eigenvalue weighted by atomic mass is 9.44. The van der Waals surface area contributed by atoms with Crippen molar-refractivity contribution in [3.8, 4) is 0 Å². The van der Waals surface area contributed by atoms with Crippen molar-refractivity contribution in [2.45, 2.75) is 77.9 Å². The third kappa shape index (κ3) is 3.67. The number of hydrogen-bond donors (Lipinski definition) is 2. The largest absolute Gasteiger partial charge is 0.387 e. The molecule has 0 aromatic heterocycles. The molecule has 34 heavy (non-hydrogen) atoms. The van der Waals surface area contributed by atoms with Crippen molar-refractivity contribution in [2.75, 3.05) is 14.1 Å². The Hall–Kier alpha value is -1.65. The standard InChI is InChI=1S/C30H44N2O2/c1-19(32(4)5)22-13-14-23-21-11-12-25-27(33)26(31-28(34)20-9-7-6-8-10-20)16-18-30(25,3)24(21)15-17-29(22,23)2/h6-10,16,19,21-25,27,33H,11-15,17-18H2,1-5H3,(H,31,34)/t19-,21-,22+,23-,24-,25-,27+,29+,30+/m0/s1. The fourth-order valence-electron chi connectivity index (χ4n) is 9.08. The third-order valence-corrected chi connectivity index (χ3v) is 11.2. The van der Waals surface area contributed by atoms with Crippen molar-refractivity contribution in [3.05, 3.63) is 47.7 Å². The van der Waals surface area contributed by atoms with Gasteiger partial charge < -0.3 is 15.3 Å². The number of hydrogen-bond acceptors (Lipinski definition) is 3. The number of fused-ring (bicyclic) bond motifs is 5. The van der Waals surface area contributed by atoms with E-state index >= 15 is 0 Å². The lowest BCUT2D eigenvalue weighted by Gasteiger charge is -2.61. The lowest BCUT2D eigenvalue weighted by Crippen LogP contribution is -2.57. The van der Waals surface area contributed by atoms with Crippen LogP contribution in [0.5, 0.6) is 0 Å². The number of carbonyl (C=O) groups is 1. The van der Waals surface area contributed by atoms with Crippen LogP contribution >= 0.6 is 0 Å². The van der Waals surface area contributed by atoms with Gasteiger partial charge in [-0.05, 0) is 119 Å². The Morgan fingerprint density at radius 2 is 1.68 bits per heavy atom. The highest BCUT2D eigenvalue weighted by Crippen LogP contribution is 2.67. The summed E-state index contributed by atoms with van der Waals surface area (Å²) in [6, 6.07) is 9.95. The van der Waals surface area contributed by atoms with Gasteiger partial charge in [-0.3, -0.25) is 4.79 Å². The van der Waals surface area contributed by atoms with Crippen LogP contribution in [0.3, 0.4) is 0 Å². The van der Waals surface area contributed by atoms with E-state index < -0.39 is 6.10 Å². The molecule has 1 aromatic rings. The molecule has 0 unspecified atom stereocenters. The molecular formula is C30H44N2O2. The summed E-state index contributed by atoms with van der Waals surface area (Å²) in [7, 11) is 4.48. The summed E-state index contributed by atoms with van der Waals surface area (Å²) in [6.07, 6.45) is 10.2. The molecule has 0 radical (unpaired) electrons. The van der Waals surface area contributed by atoms with Gasteiger partial charge in [0.1, 0.15) is 0 Å². The zero-order chi connectivity index (χ0) is 24.3. The maximum Gasteiger partial charge on any atom is 0.255 e. The molecule has 0 heterocycles. The van der Waals surface area contributed by atoms with E-state index in [9.17, 15) is 9.90 Å². The number of benzene rings is 1. The van der Waals surface area contributed by atoms with Crippen molar-refractivity contribution < 1.29 is 9.90 Å². The fraction of sp³-hybridized carbons (Fsp3) is 0.700. The van der Waals surface area contributed by atoms with E-state index in [-0.39, 0.29) is 17.2 Å². The first kappa shape index (κ1) is 24.1. The number of rotatable bonds is 4. The van der Waals surface area contributed by atoms with Crippen LogP contribution in [0.15, 0.2) is 42.1 Å². The summed E-state index contributed by atoms with van der Waals surface area (Å²) >= 11 is 0. The molecule has 1 amide bonds. The molecule has 9 atom stereocenters. The van der Waals surface area contributed by atoms with Crippen molar-refractivity contribution in [3.63, 3.8) is 0 Å². The van der Waals surface area contributed by atoms with Gasteiger partial charge in [-0.2, -0.15) is 0 Å². The van der Waals surface area contributed by atoms with Crippen LogP contribution in [0.4, 0.5) is 0 Å². The molecule has 4 aliphatic rings. The minimum Gasteiger partial charge on any atom is -0.387 e. The molecule has 1 aromatic carbocycles. The highest BCUT2D eigenvalue weighted by Gasteiger charge is 2.61. The van der Waals surface area contributed by atoms with E-state index in [0.29, 0.717) is 22.9 Å². The van der Waals surface area contributed by atoms with Crippen LogP contribution < -0.4 is 5.32 Å². The number of allylic oxidation sites excluding steroid dienone is 1. The molecule has 2 N–H and O–H groups in total. The zero-order valence-electron chi connectivity index (χ0n) is 21.8. The second-order valence-corrected chi connectivity index (χ2v) is 12.6. The van der Waals surface area contributed by atoms with Gasteiger partial charge in [0.25, 0.3) is 5.91 Å². The Morgan fingerprint density at radius 1 is 1.00 bits per heavy atom. The second-order valence-electron chi connectivity index (χ2n) is 12.6. The van der Waals surface area contributed by atoms with Crippen LogP contribution in [0.2, 0.25) is 0 Å². The molecular weight excluding hydrogens is 420 g/mol. The van der Waals surface area contributed by atoms with Crippen molar-refractivity contribution in [1.29, 1.82) is 0 Å². The number of nitrogens with zero attached hydrogens (tertiary/aromatic N) is 1. The Labute approximate surface area is 206 Å². The molecule has 0 spiro atoms. The van der Waals surface area contributed by atoms with Crippen molar-refractivity contribution in [1.82, 2.24) is 10.2 Å². The van der Waals surface area contributed by atoms with Gasteiger partial charge in [0.15, 0.2) is 0 Å². The number of aliphatic hydroxyl groups is 1. The summed E-state index contributed by atoms with van der Waals surface area (Å²) in [5.74, 6) is 3.17. The Balaban J connectivity index is 1.35. The molecule has 5 rings (SSSR count). The smallest absolute Gasteiger partial charge is 0.255 e. The van der Waals surface area contributed by atoms with Gasteiger partial charge in [0, 0.05) is 17.3 Å². The van der Waals surface area contributed by atoms with E-state index in [0.717, 1.165) is 36.3 Å². The van der Waals surface area contributed by atoms with Crippen LogP contribution in [-0.4, -0.2) is 42.2 Å². The summed E-state index contributed by atoms with van der Waals surface area (Å²) < 4.78 is 0. The normalized spacial score (nSPS) is 42.3. The van der Waals surface area contributed by atoms with Crippen LogP contribution in [0.1, 0.15) is 76.1 Å². The summed E-state index contributed by atoms with van der Waals surface area (Å²) in [6.45, 7) is 7.48. The Bertz CT molecular complexity index is 942. The first-order valence-electron chi connectivity index (χ1n) is 13.6. The highest BCUT2D eigenvalue weighted by molar-refractivity contribution is 5.95. The van der Waals surface area contributed by atoms with Gasteiger partial charge in [0.2, 0.25) is 0 Å². The first-order chi connectivity index (χ1) is 16.2. The summed E-state index contributed by atoms with van der Waals surface area (Å²) in [4.78, 5) is 15.2. The lowest BCUT2D eigenvalue weighted by molar-refractivity contribution is -0.125. The molecule has 0 bridgehead atoms. The van der Waals surface area contributed by atoms with E-state index in [4.69, 9.17) is 0 Å². The topological polar surface area (TPSA) is 52.6 Å².